The van der Waals surface area contributed by atoms with Crippen molar-refractivity contribution in [2.45, 2.75) is 84.8 Å². The van der Waals surface area contributed by atoms with Gasteiger partial charge in [-0.3, -0.25) is 0 Å². The molecule has 0 aliphatic rings. The van der Waals surface area contributed by atoms with Gasteiger partial charge in [-0.2, -0.15) is 0 Å². The van der Waals surface area contributed by atoms with Crippen LogP contribution in [0.1, 0.15) is 77.3 Å². The minimum atomic E-state index is -0.0509. The molecule has 2 aromatic carbocycles. The number of hydrogen-bond donors (Lipinski definition) is 2. The largest absolute Gasteiger partial charge is 0.393 e. The van der Waals surface area contributed by atoms with Gasteiger partial charge in [0, 0.05) is 0 Å². The Bertz CT molecular complexity index is 475. The first kappa shape index (κ1) is 25.4. The average molecular weight is 373 g/mol. The van der Waals surface area contributed by atoms with Crippen molar-refractivity contribution in [3.63, 3.8) is 0 Å². The van der Waals surface area contributed by atoms with Crippen LogP contribution in [0.2, 0.25) is 0 Å². The second kappa shape index (κ2) is 17.8. The molecule has 2 nitrogen and oxygen atoms in total. The van der Waals surface area contributed by atoms with Crippen LogP contribution in [0, 0.1) is 0 Å². The molecule has 27 heavy (non-hydrogen) atoms. The summed E-state index contributed by atoms with van der Waals surface area (Å²) in [5, 5.41) is 17.7. The maximum atomic E-state index is 8.86. The molecule has 0 aliphatic carbocycles. The molecule has 0 saturated heterocycles. The predicted molar refractivity (Wildman–Crippen MR) is 118 cm³/mol. The van der Waals surface area contributed by atoms with Crippen molar-refractivity contribution >= 4 is 0 Å². The molecule has 0 amide bonds. The van der Waals surface area contributed by atoms with E-state index < -0.39 is 0 Å². The third kappa shape index (κ3) is 15.1. The van der Waals surface area contributed by atoms with Gasteiger partial charge < -0.3 is 10.2 Å². The molecule has 0 saturated carbocycles. The van der Waals surface area contributed by atoms with Gasteiger partial charge in [0.25, 0.3) is 0 Å². The Labute approximate surface area is 167 Å². The molecule has 2 rings (SSSR count). The van der Waals surface area contributed by atoms with Crippen LogP contribution in [-0.4, -0.2) is 22.4 Å². The van der Waals surface area contributed by atoms with Gasteiger partial charge in [-0.25, -0.2) is 0 Å². The third-order valence-electron chi connectivity index (χ3n) is 4.28. The normalized spacial score (nSPS) is 12.1. The van der Waals surface area contributed by atoms with Gasteiger partial charge in [-0.1, -0.05) is 101 Å². The summed E-state index contributed by atoms with van der Waals surface area (Å²) in [6.45, 7) is 8.17. The lowest BCUT2D eigenvalue weighted by Crippen LogP contribution is -2.01. The highest BCUT2D eigenvalue weighted by Gasteiger charge is 1.95. The van der Waals surface area contributed by atoms with Crippen LogP contribution in [0.3, 0.4) is 0 Å². The highest BCUT2D eigenvalue weighted by molar-refractivity contribution is 5.25. The van der Waals surface area contributed by atoms with E-state index in [9.17, 15) is 0 Å². The van der Waals surface area contributed by atoms with Crippen molar-refractivity contribution < 1.29 is 10.2 Å². The van der Waals surface area contributed by atoms with Gasteiger partial charge in [0.05, 0.1) is 12.2 Å². The molecule has 0 spiro atoms. The molecule has 2 N–H and O–H groups in total. The van der Waals surface area contributed by atoms with Crippen LogP contribution in [0.5, 0.6) is 0 Å². The Kier molecular flexibility index (Phi) is 16.7. The molecule has 2 unspecified atom stereocenters. The molecule has 0 heterocycles. The van der Waals surface area contributed by atoms with Gasteiger partial charge in [-0.05, 0) is 43.2 Å². The second-order valence-corrected chi connectivity index (χ2v) is 6.85. The molecule has 2 atom stereocenters. The van der Waals surface area contributed by atoms with E-state index in [1.807, 2.05) is 13.8 Å². The summed E-state index contributed by atoms with van der Waals surface area (Å²) in [5.74, 6) is 0. The van der Waals surface area contributed by atoms with Gasteiger partial charge in [0.15, 0.2) is 0 Å². The third-order valence-corrected chi connectivity index (χ3v) is 4.28. The zero-order valence-electron chi connectivity index (χ0n) is 17.8. The molecule has 2 heteroatoms. The zero-order valence-corrected chi connectivity index (χ0v) is 17.8. The summed E-state index contributed by atoms with van der Waals surface area (Å²) in [5.41, 5.74) is 2.74. The summed E-state index contributed by atoms with van der Waals surface area (Å²) >= 11 is 0. The number of hydrogen-bond acceptors (Lipinski definition) is 2. The van der Waals surface area contributed by atoms with Gasteiger partial charge in [0.2, 0.25) is 0 Å². The first-order valence-corrected chi connectivity index (χ1v) is 10.5. The Balaban J connectivity index is 0.000000416. The summed E-state index contributed by atoms with van der Waals surface area (Å²) in [6.07, 6.45) is 6.82. The average Bonchev–Trinajstić information content (AvgIpc) is 2.71. The fourth-order valence-electron chi connectivity index (χ4n) is 2.50. The summed E-state index contributed by atoms with van der Waals surface area (Å²) in [7, 11) is 0. The van der Waals surface area contributed by atoms with Gasteiger partial charge in [-0.15, -0.1) is 0 Å². The van der Waals surface area contributed by atoms with E-state index in [0.29, 0.717) is 0 Å². The topological polar surface area (TPSA) is 40.5 Å². The Morgan fingerprint density at radius 3 is 1.15 bits per heavy atom. The van der Waals surface area contributed by atoms with E-state index in [4.69, 9.17) is 10.2 Å². The van der Waals surface area contributed by atoms with Crippen molar-refractivity contribution in [2.24, 2.45) is 0 Å². The first-order valence-electron chi connectivity index (χ1n) is 10.5. The second-order valence-electron chi connectivity index (χ2n) is 6.85. The molecule has 2 aromatic rings. The van der Waals surface area contributed by atoms with Gasteiger partial charge in [0.1, 0.15) is 0 Å². The van der Waals surface area contributed by atoms with Crippen LogP contribution in [0.4, 0.5) is 0 Å². The summed E-state index contributed by atoms with van der Waals surface area (Å²) in [4.78, 5) is 0. The van der Waals surface area contributed by atoms with Crippen LogP contribution in [0.15, 0.2) is 60.7 Å². The molecular weight excluding hydrogens is 332 g/mol. The molecule has 0 radical (unpaired) electrons. The van der Waals surface area contributed by atoms with Crippen LogP contribution < -0.4 is 0 Å². The highest BCUT2D eigenvalue weighted by atomic mass is 16.3. The minimum absolute atomic E-state index is 0.0509. The van der Waals surface area contributed by atoms with Crippen LogP contribution in [-0.2, 0) is 6.42 Å². The summed E-state index contributed by atoms with van der Waals surface area (Å²) < 4.78 is 0. The molecule has 0 aromatic heterocycles. The standard InChI is InChI=1S/C13H12.2C6H14O/c1-3-7-12(8-4-1)11-13-9-5-2-6-10-13;2*1-3-5-6(7)4-2/h1-10H,11H2;2*6-7H,3-5H2,1-2H3. The monoisotopic (exact) mass is 372 g/mol. The minimum Gasteiger partial charge on any atom is -0.393 e. The van der Waals surface area contributed by atoms with Crippen molar-refractivity contribution in [1.82, 2.24) is 0 Å². The Morgan fingerprint density at radius 2 is 0.926 bits per heavy atom. The number of rotatable bonds is 8. The Hall–Kier alpha value is -1.64. The van der Waals surface area contributed by atoms with E-state index in [-0.39, 0.29) is 12.2 Å². The molecule has 0 fully saturated rings. The lowest BCUT2D eigenvalue weighted by Gasteiger charge is -2.01. The molecule has 0 bridgehead atoms. The van der Waals surface area contributed by atoms with Crippen LogP contribution >= 0.6 is 0 Å². The first-order chi connectivity index (χ1) is 13.1. The SMILES string of the molecule is CCCC(O)CC.CCCC(O)CC.c1ccc(Cc2ccccc2)cc1. The lowest BCUT2D eigenvalue weighted by atomic mass is 10.1. The van der Waals surface area contributed by atoms with Crippen molar-refractivity contribution in [3.8, 4) is 0 Å². The zero-order chi connectivity index (χ0) is 20.3. The fourth-order valence-corrected chi connectivity index (χ4v) is 2.50. The number of benzene rings is 2. The van der Waals surface area contributed by atoms with Crippen LogP contribution in [0.25, 0.3) is 0 Å². The summed E-state index contributed by atoms with van der Waals surface area (Å²) in [6, 6.07) is 21.1. The Morgan fingerprint density at radius 1 is 0.593 bits per heavy atom. The number of aliphatic hydroxyl groups excluding tert-OH is 2. The maximum Gasteiger partial charge on any atom is 0.0537 e. The van der Waals surface area contributed by atoms with E-state index in [0.717, 1.165) is 44.9 Å². The van der Waals surface area contributed by atoms with Crippen molar-refractivity contribution in [1.29, 1.82) is 0 Å². The molecule has 152 valence electrons. The fraction of sp³-hybridized carbons (Fsp3) is 0.520. The lowest BCUT2D eigenvalue weighted by molar-refractivity contribution is 0.159. The smallest absolute Gasteiger partial charge is 0.0537 e. The van der Waals surface area contributed by atoms with Gasteiger partial charge >= 0.3 is 0 Å². The van der Waals surface area contributed by atoms with Crippen molar-refractivity contribution in [3.05, 3.63) is 71.8 Å². The quantitative estimate of drug-likeness (QED) is 0.563. The maximum absolute atomic E-state index is 8.86. The van der Waals surface area contributed by atoms with E-state index in [1.54, 1.807) is 0 Å². The number of aliphatic hydroxyl groups is 2. The highest BCUT2D eigenvalue weighted by Crippen LogP contribution is 2.07. The van der Waals surface area contributed by atoms with E-state index in [1.165, 1.54) is 11.1 Å². The predicted octanol–water partition coefficient (Wildman–Crippen LogP) is 6.39. The van der Waals surface area contributed by atoms with E-state index in [2.05, 4.69) is 74.5 Å². The molecular formula is C25H40O2. The molecule has 0 aliphatic heterocycles. The van der Waals surface area contributed by atoms with Crippen molar-refractivity contribution in [2.75, 3.05) is 0 Å². The van der Waals surface area contributed by atoms with E-state index >= 15 is 0 Å².